The highest BCUT2D eigenvalue weighted by Crippen LogP contribution is 2.25. The highest BCUT2D eigenvalue weighted by Gasteiger charge is 2.17. The Morgan fingerprint density at radius 3 is 2.58 bits per heavy atom. The number of nitrogens with two attached hydrogens (primary N) is 1. The smallest absolute Gasteiger partial charge is 0.258 e. The Morgan fingerprint density at radius 2 is 1.89 bits per heavy atom. The standard InChI is InChI=1S/C12H8F3N3O/c13-7-1-2-9(16)11(10(7)15)18-12(19)6-3-4-17-5-8(6)14/h1-5H,16H2,(H,18,19). The van der Waals surface area contributed by atoms with Crippen molar-refractivity contribution in [2.75, 3.05) is 11.1 Å². The van der Waals surface area contributed by atoms with Crippen LogP contribution >= 0.6 is 0 Å². The van der Waals surface area contributed by atoms with Crippen LogP contribution in [0.25, 0.3) is 0 Å². The van der Waals surface area contributed by atoms with E-state index in [1.165, 1.54) is 6.20 Å². The van der Waals surface area contributed by atoms with Crippen molar-refractivity contribution in [1.29, 1.82) is 0 Å². The number of carbonyl (C=O) groups is 1. The first-order chi connectivity index (χ1) is 9.00. The van der Waals surface area contributed by atoms with Crippen molar-refractivity contribution >= 4 is 17.3 Å². The van der Waals surface area contributed by atoms with Gasteiger partial charge in [0.1, 0.15) is 5.69 Å². The minimum absolute atomic E-state index is 0.165. The number of aromatic nitrogens is 1. The van der Waals surface area contributed by atoms with Crippen LogP contribution in [0.15, 0.2) is 30.6 Å². The number of nitrogens with one attached hydrogen (secondary N) is 1. The van der Waals surface area contributed by atoms with Gasteiger partial charge in [0.05, 0.1) is 17.4 Å². The second-order valence-electron chi connectivity index (χ2n) is 3.64. The maximum Gasteiger partial charge on any atom is 0.258 e. The van der Waals surface area contributed by atoms with Crippen molar-refractivity contribution in [2.45, 2.75) is 0 Å². The average Bonchev–Trinajstić information content (AvgIpc) is 2.39. The molecule has 0 spiro atoms. The van der Waals surface area contributed by atoms with Gasteiger partial charge >= 0.3 is 0 Å². The third kappa shape index (κ3) is 2.49. The molecule has 1 heterocycles. The first-order valence-electron chi connectivity index (χ1n) is 5.15. The summed E-state index contributed by atoms with van der Waals surface area (Å²) in [5.74, 6) is -4.30. The molecule has 1 aromatic heterocycles. The summed E-state index contributed by atoms with van der Waals surface area (Å²) in [7, 11) is 0. The normalized spacial score (nSPS) is 10.3. The molecule has 0 fully saturated rings. The number of hydrogen-bond donors (Lipinski definition) is 2. The quantitative estimate of drug-likeness (QED) is 0.820. The topological polar surface area (TPSA) is 68.0 Å². The molecule has 98 valence electrons. The number of hydrogen-bond acceptors (Lipinski definition) is 3. The number of amides is 1. The first-order valence-corrected chi connectivity index (χ1v) is 5.15. The summed E-state index contributed by atoms with van der Waals surface area (Å²) in [6.07, 6.45) is 2.03. The van der Waals surface area contributed by atoms with Gasteiger partial charge < -0.3 is 11.1 Å². The van der Waals surface area contributed by atoms with E-state index in [9.17, 15) is 18.0 Å². The van der Waals surface area contributed by atoms with Gasteiger partial charge in [-0.05, 0) is 18.2 Å². The monoisotopic (exact) mass is 267 g/mol. The molecule has 0 saturated carbocycles. The van der Waals surface area contributed by atoms with E-state index in [-0.39, 0.29) is 11.3 Å². The number of pyridine rings is 1. The molecule has 2 rings (SSSR count). The Morgan fingerprint density at radius 1 is 1.16 bits per heavy atom. The highest BCUT2D eigenvalue weighted by atomic mass is 19.2. The largest absolute Gasteiger partial charge is 0.397 e. The molecule has 1 aromatic carbocycles. The van der Waals surface area contributed by atoms with E-state index in [1.807, 2.05) is 5.32 Å². The van der Waals surface area contributed by atoms with Crippen molar-refractivity contribution < 1.29 is 18.0 Å². The second-order valence-corrected chi connectivity index (χ2v) is 3.64. The molecule has 0 unspecified atom stereocenters. The fourth-order valence-corrected chi connectivity index (χ4v) is 1.43. The minimum Gasteiger partial charge on any atom is -0.397 e. The number of nitrogen functional groups attached to an aromatic ring is 1. The summed E-state index contributed by atoms with van der Waals surface area (Å²) >= 11 is 0. The summed E-state index contributed by atoms with van der Waals surface area (Å²) in [5, 5.41) is 2.03. The van der Waals surface area contributed by atoms with E-state index in [0.717, 1.165) is 24.4 Å². The van der Waals surface area contributed by atoms with Crippen LogP contribution in [-0.2, 0) is 0 Å². The molecule has 7 heteroatoms. The van der Waals surface area contributed by atoms with Crippen molar-refractivity contribution in [3.8, 4) is 0 Å². The summed E-state index contributed by atoms with van der Waals surface area (Å²) < 4.78 is 39.8. The Labute approximate surface area is 106 Å². The van der Waals surface area contributed by atoms with Gasteiger partial charge in [-0.3, -0.25) is 9.78 Å². The lowest BCUT2D eigenvalue weighted by molar-refractivity contribution is 0.102. The second kappa shape index (κ2) is 4.97. The van der Waals surface area contributed by atoms with Gasteiger partial charge in [-0.15, -0.1) is 0 Å². The third-order valence-electron chi connectivity index (χ3n) is 2.38. The molecule has 0 atom stereocenters. The summed E-state index contributed by atoms with van der Waals surface area (Å²) in [4.78, 5) is 15.2. The maximum atomic E-state index is 13.5. The van der Waals surface area contributed by atoms with Crippen LogP contribution in [0, 0.1) is 17.5 Å². The molecule has 0 saturated heterocycles. The molecule has 3 N–H and O–H groups in total. The molecule has 0 aliphatic rings. The van der Waals surface area contributed by atoms with E-state index >= 15 is 0 Å². The van der Waals surface area contributed by atoms with Crippen LogP contribution in [0.3, 0.4) is 0 Å². The zero-order chi connectivity index (χ0) is 14.0. The molecular weight excluding hydrogens is 259 g/mol. The predicted octanol–water partition coefficient (Wildman–Crippen LogP) is 2.33. The third-order valence-corrected chi connectivity index (χ3v) is 2.38. The van der Waals surface area contributed by atoms with E-state index in [2.05, 4.69) is 4.98 Å². The Kier molecular flexibility index (Phi) is 3.37. The van der Waals surface area contributed by atoms with Gasteiger partial charge in [0.15, 0.2) is 17.5 Å². The summed E-state index contributed by atoms with van der Waals surface area (Å²) in [5.41, 5.74) is 4.39. The minimum atomic E-state index is -1.30. The zero-order valence-electron chi connectivity index (χ0n) is 9.45. The molecular formula is C12H8F3N3O. The number of nitrogens with zero attached hydrogens (tertiary/aromatic N) is 1. The van der Waals surface area contributed by atoms with Gasteiger partial charge in [0.2, 0.25) is 0 Å². The van der Waals surface area contributed by atoms with E-state index < -0.39 is 29.0 Å². The van der Waals surface area contributed by atoms with Gasteiger partial charge in [-0.1, -0.05) is 0 Å². The predicted molar refractivity (Wildman–Crippen MR) is 62.9 cm³/mol. The zero-order valence-corrected chi connectivity index (χ0v) is 9.45. The van der Waals surface area contributed by atoms with Crippen molar-refractivity contribution in [2.24, 2.45) is 0 Å². The van der Waals surface area contributed by atoms with Crippen molar-refractivity contribution in [3.05, 3.63) is 53.6 Å². The van der Waals surface area contributed by atoms with Crippen molar-refractivity contribution in [3.63, 3.8) is 0 Å². The highest BCUT2D eigenvalue weighted by molar-refractivity contribution is 6.05. The van der Waals surface area contributed by atoms with Gasteiger partial charge in [0.25, 0.3) is 5.91 Å². The molecule has 2 aromatic rings. The number of benzene rings is 1. The van der Waals surface area contributed by atoms with Crippen LogP contribution < -0.4 is 11.1 Å². The average molecular weight is 267 g/mol. The van der Waals surface area contributed by atoms with Crippen LogP contribution in [-0.4, -0.2) is 10.9 Å². The van der Waals surface area contributed by atoms with E-state index in [0.29, 0.717) is 0 Å². The maximum absolute atomic E-state index is 13.5. The Balaban J connectivity index is 2.35. The van der Waals surface area contributed by atoms with Crippen molar-refractivity contribution in [1.82, 2.24) is 4.98 Å². The molecule has 0 radical (unpaired) electrons. The SMILES string of the molecule is Nc1ccc(F)c(F)c1NC(=O)c1ccncc1F. The molecule has 19 heavy (non-hydrogen) atoms. The molecule has 4 nitrogen and oxygen atoms in total. The van der Waals surface area contributed by atoms with Crippen LogP contribution in [0.2, 0.25) is 0 Å². The Bertz CT molecular complexity index is 646. The lowest BCUT2D eigenvalue weighted by Crippen LogP contribution is -2.16. The fraction of sp³-hybridized carbons (Fsp3) is 0. The lowest BCUT2D eigenvalue weighted by Gasteiger charge is -2.10. The van der Waals surface area contributed by atoms with Gasteiger partial charge in [-0.2, -0.15) is 0 Å². The summed E-state index contributed by atoms with van der Waals surface area (Å²) in [6, 6.07) is 3.03. The number of anilines is 2. The van der Waals surface area contributed by atoms with Gasteiger partial charge in [-0.25, -0.2) is 13.2 Å². The van der Waals surface area contributed by atoms with Crippen LogP contribution in [0.5, 0.6) is 0 Å². The van der Waals surface area contributed by atoms with E-state index in [1.54, 1.807) is 0 Å². The number of carbonyl (C=O) groups excluding carboxylic acids is 1. The number of rotatable bonds is 2. The van der Waals surface area contributed by atoms with Crippen LogP contribution in [0.4, 0.5) is 24.5 Å². The summed E-state index contributed by atoms with van der Waals surface area (Å²) in [6.45, 7) is 0. The molecule has 1 amide bonds. The first kappa shape index (κ1) is 12.9. The number of halogens is 3. The fourth-order valence-electron chi connectivity index (χ4n) is 1.43. The van der Waals surface area contributed by atoms with E-state index in [4.69, 9.17) is 5.73 Å². The van der Waals surface area contributed by atoms with Crippen LogP contribution in [0.1, 0.15) is 10.4 Å². The lowest BCUT2D eigenvalue weighted by atomic mass is 10.2. The molecule has 0 bridgehead atoms. The Hall–Kier alpha value is -2.57. The van der Waals surface area contributed by atoms with Gasteiger partial charge in [0, 0.05) is 6.20 Å². The molecule has 0 aliphatic heterocycles. The molecule has 0 aliphatic carbocycles.